The lowest BCUT2D eigenvalue weighted by Gasteiger charge is -2.13. The second-order valence-electron chi connectivity index (χ2n) is 5.87. The highest BCUT2D eigenvalue weighted by Crippen LogP contribution is 2.22. The van der Waals surface area contributed by atoms with Crippen molar-refractivity contribution in [1.29, 1.82) is 0 Å². The van der Waals surface area contributed by atoms with Gasteiger partial charge in [0, 0.05) is 31.3 Å². The normalized spacial score (nSPS) is 18.0. The van der Waals surface area contributed by atoms with Crippen LogP contribution < -0.4 is 5.73 Å². The quantitative estimate of drug-likeness (QED) is 0.805. The summed E-state index contributed by atoms with van der Waals surface area (Å²) in [6, 6.07) is 0. The Balaban J connectivity index is 2.04. The van der Waals surface area contributed by atoms with Crippen LogP contribution in [-0.2, 0) is 16.1 Å². The second kappa shape index (κ2) is 7.64. The fraction of sp³-hybridized carbons (Fsp3) is 0.562. The Kier molecular flexibility index (Phi) is 5.82. The maximum Gasteiger partial charge on any atom is 0.246 e. The Morgan fingerprint density at radius 1 is 1.48 bits per heavy atom. The number of rotatable bonds is 6. The zero-order valence-electron chi connectivity index (χ0n) is 13.6. The number of unbranched alkanes of at least 4 members (excludes halogenated alkanes) is 1. The summed E-state index contributed by atoms with van der Waals surface area (Å²) < 4.78 is 1.77. The summed E-state index contributed by atoms with van der Waals surface area (Å²) in [5, 5.41) is 4.96. The van der Waals surface area contributed by atoms with E-state index < -0.39 is 0 Å². The van der Waals surface area contributed by atoms with Crippen LogP contribution in [0.15, 0.2) is 6.08 Å². The van der Waals surface area contributed by atoms with Crippen LogP contribution in [0.25, 0.3) is 6.08 Å². The maximum absolute atomic E-state index is 12.2. The van der Waals surface area contributed by atoms with Crippen molar-refractivity contribution in [2.45, 2.75) is 39.7 Å². The van der Waals surface area contributed by atoms with Crippen molar-refractivity contribution < 1.29 is 9.59 Å². The molecule has 1 unspecified atom stereocenters. The molecule has 2 N–H and O–H groups in total. The van der Waals surface area contributed by atoms with E-state index >= 15 is 0 Å². The summed E-state index contributed by atoms with van der Waals surface area (Å²) in [5.41, 5.74) is 6.85. The number of nitrogens with two attached hydrogens (primary N) is 1. The van der Waals surface area contributed by atoms with Crippen LogP contribution in [0.3, 0.4) is 0 Å². The SMILES string of the molecule is CCCCn1nc(C)c(C=CC(=O)N2CCC(C(N)=O)C2)c1Cl. The van der Waals surface area contributed by atoms with Crippen molar-refractivity contribution in [3.05, 3.63) is 22.5 Å². The molecule has 2 heterocycles. The van der Waals surface area contributed by atoms with Gasteiger partial charge in [0.05, 0.1) is 11.6 Å². The minimum atomic E-state index is -0.347. The molecule has 0 saturated carbocycles. The minimum Gasteiger partial charge on any atom is -0.369 e. The number of aromatic nitrogens is 2. The number of likely N-dealkylation sites (tertiary alicyclic amines) is 1. The van der Waals surface area contributed by atoms with Crippen molar-refractivity contribution >= 4 is 29.5 Å². The first-order valence-corrected chi connectivity index (χ1v) is 8.31. The smallest absolute Gasteiger partial charge is 0.246 e. The van der Waals surface area contributed by atoms with E-state index in [-0.39, 0.29) is 17.7 Å². The van der Waals surface area contributed by atoms with Gasteiger partial charge in [0.1, 0.15) is 5.15 Å². The largest absolute Gasteiger partial charge is 0.369 e. The average Bonchev–Trinajstić information content (AvgIpc) is 3.09. The Bertz CT molecular complexity index is 624. The molecule has 1 aromatic heterocycles. The van der Waals surface area contributed by atoms with Gasteiger partial charge in [-0.25, -0.2) is 0 Å². The number of primary amides is 1. The first-order valence-electron chi connectivity index (χ1n) is 7.93. The van der Waals surface area contributed by atoms with Crippen LogP contribution >= 0.6 is 11.6 Å². The molecule has 6 nitrogen and oxygen atoms in total. The number of hydrogen-bond donors (Lipinski definition) is 1. The molecule has 7 heteroatoms. The number of aryl methyl sites for hydroxylation is 2. The van der Waals surface area contributed by atoms with Gasteiger partial charge in [-0.2, -0.15) is 5.10 Å². The lowest BCUT2D eigenvalue weighted by molar-refractivity contribution is -0.125. The highest BCUT2D eigenvalue weighted by molar-refractivity contribution is 6.31. The number of nitrogens with zero attached hydrogens (tertiary/aromatic N) is 3. The molecular weight excluding hydrogens is 316 g/mol. The molecule has 126 valence electrons. The summed E-state index contributed by atoms with van der Waals surface area (Å²) in [6.07, 6.45) is 5.89. The van der Waals surface area contributed by atoms with Gasteiger partial charge in [-0.1, -0.05) is 24.9 Å². The lowest BCUT2D eigenvalue weighted by Crippen LogP contribution is -2.30. The highest BCUT2D eigenvalue weighted by atomic mass is 35.5. The third-order valence-electron chi connectivity index (χ3n) is 4.13. The number of carbonyl (C=O) groups is 2. The molecule has 2 amide bonds. The topological polar surface area (TPSA) is 81.2 Å². The molecule has 2 rings (SSSR count). The van der Waals surface area contributed by atoms with Crippen molar-refractivity contribution in [2.75, 3.05) is 13.1 Å². The fourth-order valence-electron chi connectivity index (χ4n) is 2.67. The van der Waals surface area contributed by atoms with Gasteiger partial charge in [0.15, 0.2) is 0 Å². The van der Waals surface area contributed by atoms with Crippen LogP contribution in [0.4, 0.5) is 0 Å². The van der Waals surface area contributed by atoms with E-state index in [2.05, 4.69) is 12.0 Å². The molecule has 1 saturated heterocycles. The highest BCUT2D eigenvalue weighted by Gasteiger charge is 2.28. The fourth-order valence-corrected chi connectivity index (χ4v) is 2.99. The molecule has 0 radical (unpaired) electrons. The molecule has 1 aliphatic heterocycles. The number of hydrogen-bond acceptors (Lipinski definition) is 3. The lowest BCUT2D eigenvalue weighted by atomic mass is 10.1. The number of carbonyl (C=O) groups excluding carboxylic acids is 2. The maximum atomic E-state index is 12.2. The minimum absolute atomic E-state index is 0.134. The molecule has 1 atom stereocenters. The third kappa shape index (κ3) is 4.13. The van der Waals surface area contributed by atoms with E-state index in [9.17, 15) is 9.59 Å². The van der Waals surface area contributed by atoms with E-state index in [1.807, 2.05) is 6.92 Å². The van der Waals surface area contributed by atoms with Gasteiger partial charge >= 0.3 is 0 Å². The molecule has 0 aliphatic carbocycles. The van der Waals surface area contributed by atoms with Gasteiger partial charge in [-0.05, 0) is 25.8 Å². The Hall–Kier alpha value is -1.82. The van der Waals surface area contributed by atoms with Gasteiger partial charge in [0.2, 0.25) is 11.8 Å². The van der Waals surface area contributed by atoms with Crippen LogP contribution in [0.2, 0.25) is 5.15 Å². The molecule has 23 heavy (non-hydrogen) atoms. The summed E-state index contributed by atoms with van der Waals surface area (Å²) in [7, 11) is 0. The number of amides is 2. The van der Waals surface area contributed by atoms with Crippen LogP contribution in [0.5, 0.6) is 0 Å². The summed E-state index contributed by atoms with van der Waals surface area (Å²) in [6.45, 7) is 5.70. The van der Waals surface area contributed by atoms with Gasteiger partial charge < -0.3 is 10.6 Å². The van der Waals surface area contributed by atoms with Crippen molar-refractivity contribution in [3.8, 4) is 0 Å². The van der Waals surface area contributed by atoms with Gasteiger partial charge in [0.25, 0.3) is 0 Å². The van der Waals surface area contributed by atoms with E-state index in [0.717, 1.165) is 30.6 Å². The molecule has 1 aromatic rings. The Labute approximate surface area is 141 Å². The zero-order valence-corrected chi connectivity index (χ0v) is 14.3. The standard InChI is InChI=1S/C16H23ClN4O2/c1-3-4-8-21-15(17)13(11(2)19-21)5-6-14(22)20-9-7-12(10-20)16(18)23/h5-6,12H,3-4,7-10H2,1-2H3,(H2,18,23). The first-order chi connectivity index (χ1) is 10.9. The average molecular weight is 339 g/mol. The Morgan fingerprint density at radius 3 is 2.83 bits per heavy atom. The monoisotopic (exact) mass is 338 g/mol. The van der Waals surface area contributed by atoms with Crippen molar-refractivity contribution in [3.63, 3.8) is 0 Å². The van der Waals surface area contributed by atoms with Gasteiger partial charge in [-0.3, -0.25) is 14.3 Å². The van der Waals surface area contributed by atoms with Crippen molar-refractivity contribution in [1.82, 2.24) is 14.7 Å². The van der Waals surface area contributed by atoms with E-state index in [4.69, 9.17) is 17.3 Å². The zero-order chi connectivity index (χ0) is 17.0. The second-order valence-corrected chi connectivity index (χ2v) is 6.23. The predicted molar refractivity (Wildman–Crippen MR) is 89.8 cm³/mol. The molecular formula is C16H23ClN4O2. The van der Waals surface area contributed by atoms with Crippen LogP contribution in [-0.4, -0.2) is 39.6 Å². The molecule has 0 aromatic carbocycles. The first kappa shape index (κ1) is 17.5. The predicted octanol–water partition coefficient (Wildman–Crippen LogP) is 1.99. The van der Waals surface area contributed by atoms with Crippen molar-refractivity contribution in [2.24, 2.45) is 11.7 Å². The Morgan fingerprint density at radius 2 is 2.22 bits per heavy atom. The summed E-state index contributed by atoms with van der Waals surface area (Å²) >= 11 is 6.34. The summed E-state index contributed by atoms with van der Waals surface area (Å²) in [4.78, 5) is 25.0. The van der Waals surface area contributed by atoms with Gasteiger partial charge in [-0.15, -0.1) is 0 Å². The third-order valence-corrected chi connectivity index (χ3v) is 4.53. The van der Waals surface area contributed by atoms with Crippen LogP contribution in [0.1, 0.15) is 37.4 Å². The molecule has 0 bridgehead atoms. The number of halogens is 1. The van der Waals surface area contributed by atoms with E-state index in [1.54, 1.807) is 15.7 Å². The van der Waals surface area contributed by atoms with E-state index in [0.29, 0.717) is 24.7 Å². The molecule has 1 fully saturated rings. The van der Waals surface area contributed by atoms with E-state index in [1.165, 1.54) is 6.08 Å². The summed E-state index contributed by atoms with van der Waals surface area (Å²) in [5.74, 6) is -0.722. The van der Waals surface area contributed by atoms with Crippen LogP contribution in [0, 0.1) is 12.8 Å². The molecule has 1 aliphatic rings. The molecule has 0 spiro atoms.